The van der Waals surface area contributed by atoms with Gasteiger partial charge in [0.2, 0.25) is 0 Å². The van der Waals surface area contributed by atoms with Gasteiger partial charge in [-0.05, 0) is 37.5 Å². The van der Waals surface area contributed by atoms with Crippen LogP contribution in [0.4, 0.5) is 0 Å². The average Bonchev–Trinajstić information content (AvgIpc) is 2.84. The summed E-state index contributed by atoms with van der Waals surface area (Å²) < 4.78 is 33.8. The van der Waals surface area contributed by atoms with Crippen molar-refractivity contribution < 1.29 is 17.3 Å². The lowest BCUT2D eigenvalue weighted by Gasteiger charge is -2.34. The second kappa shape index (κ2) is 6.08. The zero-order chi connectivity index (χ0) is 15.7. The maximum Gasteiger partial charge on any atom is 0.306 e. The zero-order valence-electron chi connectivity index (χ0n) is 13.1. The second-order valence-corrected chi connectivity index (χ2v) is 7.68. The zero-order valence-corrected chi connectivity index (χ0v) is 13.9. The smallest absolute Gasteiger partial charge is 0.306 e. The Morgan fingerprint density at radius 1 is 1.27 bits per heavy atom. The van der Waals surface area contributed by atoms with Crippen molar-refractivity contribution in [3.05, 3.63) is 23.8 Å². The average molecular weight is 325 g/mol. The third-order valence-corrected chi connectivity index (χ3v) is 4.91. The first-order valence-corrected chi connectivity index (χ1v) is 9.73. The van der Waals surface area contributed by atoms with Crippen molar-refractivity contribution in [2.75, 3.05) is 19.3 Å². The van der Waals surface area contributed by atoms with Crippen LogP contribution < -0.4 is 8.92 Å². The minimum Gasteiger partial charge on any atom is -0.474 e. The summed E-state index contributed by atoms with van der Waals surface area (Å²) >= 11 is 0. The molecule has 122 valence electrons. The number of nitrogens with zero attached hydrogens (tertiary/aromatic N) is 1. The lowest BCUT2D eigenvalue weighted by atomic mass is 9.94. The van der Waals surface area contributed by atoms with Crippen LogP contribution in [0.15, 0.2) is 18.2 Å². The van der Waals surface area contributed by atoms with Gasteiger partial charge < -0.3 is 8.92 Å². The molecule has 1 aromatic carbocycles. The normalized spacial score (nSPS) is 25.5. The van der Waals surface area contributed by atoms with Gasteiger partial charge in [0.1, 0.15) is 11.5 Å². The number of benzene rings is 1. The summed E-state index contributed by atoms with van der Waals surface area (Å²) in [5, 5.41) is 0. The number of fused-ring (bicyclic) bond motifs is 1. The summed E-state index contributed by atoms with van der Waals surface area (Å²) in [6.07, 6.45) is 5.80. The van der Waals surface area contributed by atoms with Gasteiger partial charge in [-0.2, -0.15) is 8.42 Å². The van der Waals surface area contributed by atoms with Gasteiger partial charge in [0, 0.05) is 24.6 Å². The third kappa shape index (κ3) is 3.22. The van der Waals surface area contributed by atoms with E-state index in [-0.39, 0.29) is 12.1 Å². The SMILES string of the molecule is CCC1c2cc(OS(C)(=O)=O)ccc2OC1N1CCCCC1. The predicted octanol–water partition coefficient (Wildman–Crippen LogP) is 2.72. The fourth-order valence-corrected chi connectivity index (χ4v) is 3.89. The van der Waals surface area contributed by atoms with E-state index in [0.717, 1.165) is 37.1 Å². The molecular weight excluding hydrogens is 302 g/mol. The Morgan fingerprint density at radius 3 is 2.64 bits per heavy atom. The standard InChI is InChI=1S/C16H23NO4S/c1-3-13-14-11-12(21-22(2,18)19)7-8-15(14)20-16(13)17-9-5-4-6-10-17/h7-8,11,13,16H,3-6,9-10H2,1-2H3. The van der Waals surface area contributed by atoms with Gasteiger partial charge in [0.05, 0.1) is 6.26 Å². The molecule has 0 amide bonds. The fraction of sp³-hybridized carbons (Fsp3) is 0.625. The van der Waals surface area contributed by atoms with Gasteiger partial charge in [0.15, 0.2) is 6.23 Å². The molecule has 2 aliphatic heterocycles. The van der Waals surface area contributed by atoms with Crippen molar-refractivity contribution in [3.8, 4) is 11.5 Å². The Labute approximate surface area is 132 Å². The molecule has 0 bridgehead atoms. The Hall–Kier alpha value is -1.27. The number of hydrogen-bond donors (Lipinski definition) is 0. The van der Waals surface area contributed by atoms with Crippen molar-refractivity contribution in [2.45, 2.75) is 44.8 Å². The van der Waals surface area contributed by atoms with Crippen LogP contribution in [0, 0.1) is 0 Å². The minimum atomic E-state index is -3.50. The molecule has 0 saturated carbocycles. The lowest BCUT2D eigenvalue weighted by Crippen LogP contribution is -2.43. The maximum atomic E-state index is 11.3. The van der Waals surface area contributed by atoms with Crippen molar-refractivity contribution in [2.24, 2.45) is 0 Å². The fourth-order valence-electron chi connectivity index (χ4n) is 3.44. The molecular formula is C16H23NO4S. The summed E-state index contributed by atoms with van der Waals surface area (Å²) in [7, 11) is -3.50. The van der Waals surface area contributed by atoms with Crippen LogP contribution in [-0.2, 0) is 10.1 Å². The van der Waals surface area contributed by atoms with E-state index in [1.807, 2.05) is 12.1 Å². The summed E-state index contributed by atoms with van der Waals surface area (Å²) in [5.74, 6) is 1.47. The molecule has 0 aromatic heterocycles. The highest BCUT2D eigenvalue weighted by molar-refractivity contribution is 7.86. The molecule has 2 unspecified atom stereocenters. The number of rotatable bonds is 4. The van der Waals surface area contributed by atoms with E-state index in [1.54, 1.807) is 6.07 Å². The first-order valence-electron chi connectivity index (χ1n) is 7.92. The summed E-state index contributed by atoms with van der Waals surface area (Å²) in [6.45, 7) is 4.29. The summed E-state index contributed by atoms with van der Waals surface area (Å²) in [6, 6.07) is 5.29. The Bertz CT molecular complexity index is 638. The van der Waals surface area contributed by atoms with Crippen molar-refractivity contribution in [3.63, 3.8) is 0 Å². The van der Waals surface area contributed by atoms with E-state index in [2.05, 4.69) is 11.8 Å². The Balaban J connectivity index is 1.85. The van der Waals surface area contributed by atoms with Crippen molar-refractivity contribution >= 4 is 10.1 Å². The van der Waals surface area contributed by atoms with Gasteiger partial charge in [-0.15, -0.1) is 0 Å². The second-order valence-electron chi connectivity index (χ2n) is 6.11. The molecule has 0 radical (unpaired) electrons. The molecule has 0 N–H and O–H groups in total. The number of ether oxygens (including phenoxy) is 1. The van der Waals surface area contributed by atoms with Crippen LogP contribution in [0.5, 0.6) is 11.5 Å². The summed E-state index contributed by atoms with van der Waals surface area (Å²) in [4.78, 5) is 2.41. The van der Waals surface area contributed by atoms with E-state index < -0.39 is 10.1 Å². The molecule has 3 rings (SSSR count). The molecule has 2 heterocycles. The predicted molar refractivity (Wildman–Crippen MR) is 84.8 cm³/mol. The van der Waals surface area contributed by atoms with Crippen LogP contribution in [0.3, 0.4) is 0 Å². The van der Waals surface area contributed by atoms with Crippen molar-refractivity contribution in [1.82, 2.24) is 4.90 Å². The first-order chi connectivity index (χ1) is 10.5. The van der Waals surface area contributed by atoms with Crippen LogP contribution in [-0.4, -0.2) is 38.9 Å². The number of hydrogen-bond acceptors (Lipinski definition) is 5. The molecule has 2 aliphatic rings. The number of piperidine rings is 1. The van der Waals surface area contributed by atoms with Gasteiger partial charge in [-0.25, -0.2) is 0 Å². The highest BCUT2D eigenvalue weighted by atomic mass is 32.2. The highest BCUT2D eigenvalue weighted by Crippen LogP contribution is 2.43. The van der Waals surface area contributed by atoms with Gasteiger partial charge in [0.25, 0.3) is 0 Å². The van der Waals surface area contributed by atoms with Crippen LogP contribution in [0.1, 0.15) is 44.1 Å². The van der Waals surface area contributed by atoms with Crippen LogP contribution >= 0.6 is 0 Å². The molecule has 0 spiro atoms. The van der Waals surface area contributed by atoms with E-state index in [0.29, 0.717) is 5.75 Å². The van der Waals surface area contributed by atoms with Gasteiger partial charge in [-0.3, -0.25) is 4.90 Å². The van der Waals surface area contributed by atoms with Gasteiger partial charge >= 0.3 is 10.1 Å². The quantitative estimate of drug-likeness (QED) is 0.797. The molecule has 22 heavy (non-hydrogen) atoms. The topological polar surface area (TPSA) is 55.8 Å². The van der Waals surface area contributed by atoms with E-state index in [4.69, 9.17) is 8.92 Å². The first kappa shape index (κ1) is 15.6. The number of likely N-dealkylation sites (tertiary alicyclic amines) is 1. The monoisotopic (exact) mass is 325 g/mol. The maximum absolute atomic E-state index is 11.3. The minimum absolute atomic E-state index is 0.0637. The molecule has 6 heteroatoms. The molecule has 5 nitrogen and oxygen atoms in total. The molecule has 0 aliphatic carbocycles. The molecule has 1 fully saturated rings. The van der Waals surface area contributed by atoms with Crippen LogP contribution in [0.25, 0.3) is 0 Å². The molecule has 1 aromatic rings. The third-order valence-electron chi connectivity index (χ3n) is 4.41. The molecule has 2 atom stereocenters. The Kier molecular flexibility index (Phi) is 4.32. The van der Waals surface area contributed by atoms with E-state index in [1.165, 1.54) is 19.3 Å². The van der Waals surface area contributed by atoms with Crippen LogP contribution in [0.2, 0.25) is 0 Å². The molecule has 1 saturated heterocycles. The van der Waals surface area contributed by atoms with E-state index >= 15 is 0 Å². The highest BCUT2D eigenvalue weighted by Gasteiger charge is 2.37. The lowest BCUT2D eigenvalue weighted by molar-refractivity contribution is 0.0104. The van der Waals surface area contributed by atoms with E-state index in [9.17, 15) is 8.42 Å². The van der Waals surface area contributed by atoms with Crippen molar-refractivity contribution in [1.29, 1.82) is 0 Å². The Morgan fingerprint density at radius 2 is 2.00 bits per heavy atom. The van der Waals surface area contributed by atoms with Gasteiger partial charge in [-0.1, -0.05) is 13.3 Å². The largest absolute Gasteiger partial charge is 0.474 e. The summed E-state index contributed by atoms with van der Waals surface area (Å²) in [5.41, 5.74) is 1.05.